The molecule has 0 spiro atoms. The molecule has 0 aliphatic rings. The first kappa shape index (κ1) is 15.5. The number of anilines is 1. The van der Waals surface area contributed by atoms with Crippen LogP contribution in [0.4, 0.5) is 5.69 Å². The minimum atomic E-state index is -3.70. The van der Waals surface area contributed by atoms with Crippen molar-refractivity contribution >= 4 is 33.0 Å². The smallest absolute Gasteiger partial charge is 0.242 e. The summed E-state index contributed by atoms with van der Waals surface area (Å²) in [7, 11) is -3.70. The van der Waals surface area contributed by atoms with E-state index in [0.717, 1.165) is 0 Å². The van der Waals surface area contributed by atoms with Crippen molar-refractivity contribution in [1.29, 1.82) is 0 Å². The molecule has 1 N–H and O–H groups in total. The summed E-state index contributed by atoms with van der Waals surface area (Å²) in [6.45, 7) is 1.37. The molecule has 0 saturated heterocycles. The number of carbonyl (C=O) groups is 1. The van der Waals surface area contributed by atoms with E-state index in [9.17, 15) is 13.2 Å². The molecule has 4 nitrogen and oxygen atoms in total. The van der Waals surface area contributed by atoms with E-state index in [1.165, 1.54) is 19.1 Å². The van der Waals surface area contributed by atoms with Crippen molar-refractivity contribution in [3.05, 3.63) is 59.6 Å². The standard InChI is InChI=1S/C15H14ClNO3S/c1-11(21(19,20)14-5-3-2-4-6-14)15(18)17-13-9-7-12(16)8-10-13/h2-11H,1H3,(H,17,18). The normalized spacial score (nSPS) is 12.7. The van der Waals surface area contributed by atoms with Crippen molar-refractivity contribution in [1.82, 2.24) is 0 Å². The zero-order valence-electron chi connectivity index (χ0n) is 11.3. The quantitative estimate of drug-likeness (QED) is 0.940. The van der Waals surface area contributed by atoms with Gasteiger partial charge in [0.2, 0.25) is 5.91 Å². The SMILES string of the molecule is CC(C(=O)Nc1ccc(Cl)cc1)S(=O)(=O)c1ccccc1. The topological polar surface area (TPSA) is 63.2 Å². The Morgan fingerprint density at radius 2 is 1.62 bits per heavy atom. The minimum Gasteiger partial charge on any atom is -0.325 e. The first-order valence-corrected chi connectivity index (χ1v) is 8.19. The average Bonchev–Trinajstić information content (AvgIpc) is 2.49. The van der Waals surface area contributed by atoms with Gasteiger partial charge < -0.3 is 5.32 Å². The molecule has 2 aromatic carbocycles. The van der Waals surface area contributed by atoms with Crippen molar-refractivity contribution in [2.75, 3.05) is 5.32 Å². The molecule has 110 valence electrons. The van der Waals surface area contributed by atoms with Crippen molar-refractivity contribution in [2.45, 2.75) is 17.1 Å². The summed E-state index contributed by atoms with van der Waals surface area (Å²) < 4.78 is 24.7. The molecule has 0 radical (unpaired) electrons. The van der Waals surface area contributed by atoms with E-state index in [1.807, 2.05) is 0 Å². The third kappa shape index (κ3) is 3.62. The van der Waals surface area contributed by atoms with Crippen LogP contribution >= 0.6 is 11.6 Å². The third-order valence-corrected chi connectivity index (χ3v) is 5.34. The number of carbonyl (C=O) groups excluding carboxylic acids is 1. The number of rotatable bonds is 4. The Labute approximate surface area is 128 Å². The van der Waals surface area contributed by atoms with Crippen LogP contribution in [0.25, 0.3) is 0 Å². The van der Waals surface area contributed by atoms with Crippen LogP contribution in [0, 0.1) is 0 Å². The van der Waals surface area contributed by atoms with E-state index in [-0.39, 0.29) is 4.90 Å². The Morgan fingerprint density at radius 1 is 1.05 bits per heavy atom. The zero-order valence-corrected chi connectivity index (χ0v) is 12.9. The molecule has 2 aromatic rings. The second kappa shape index (κ2) is 6.28. The zero-order chi connectivity index (χ0) is 15.5. The van der Waals surface area contributed by atoms with E-state index in [1.54, 1.807) is 42.5 Å². The number of halogens is 1. The van der Waals surface area contributed by atoms with Crippen molar-refractivity contribution in [2.24, 2.45) is 0 Å². The van der Waals surface area contributed by atoms with Gasteiger partial charge in [-0.2, -0.15) is 0 Å². The highest BCUT2D eigenvalue weighted by Gasteiger charge is 2.29. The van der Waals surface area contributed by atoms with Crippen LogP contribution in [0.2, 0.25) is 5.02 Å². The van der Waals surface area contributed by atoms with E-state index in [2.05, 4.69) is 5.32 Å². The summed E-state index contributed by atoms with van der Waals surface area (Å²) in [4.78, 5) is 12.2. The molecule has 21 heavy (non-hydrogen) atoms. The second-order valence-electron chi connectivity index (χ2n) is 4.50. The summed E-state index contributed by atoms with van der Waals surface area (Å²) in [5, 5.41) is 1.92. The fourth-order valence-corrected chi connectivity index (χ4v) is 3.14. The van der Waals surface area contributed by atoms with Gasteiger partial charge in [0.05, 0.1) is 4.90 Å². The fraction of sp³-hybridized carbons (Fsp3) is 0.133. The lowest BCUT2D eigenvalue weighted by molar-refractivity contribution is -0.115. The van der Waals surface area contributed by atoms with Crippen LogP contribution in [0.1, 0.15) is 6.92 Å². The maximum atomic E-state index is 12.3. The van der Waals surface area contributed by atoms with Gasteiger partial charge in [-0.15, -0.1) is 0 Å². The van der Waals surface area contributed by atoms with E-state index >= 15 is 0 Å². The Bertz CT molecular complexity index is 727. The molecule has 0 aromatic heterocycles. The molecule has 6 heteroatoms. The van der Waals surface area contributed by atoms with E-state index < -0.39 is 21.0 Å². The number of hydrogen-bond donors (Lipinski definition) is 1. The monoisotopic (exact) mass is 323 g/mol. The molecule has 0 aliphatic heterocycles. The van der Waals surface area contributed by atoms with Crippen molar-refractivity contribution < 1.29 is 13.2 Å². The van der Waals surface area contributed by atoms with Crippen LogP contribution in [-0.2, 0) is 14.6 Å². The van der Waals surface area contributed by atoms with E-state index in [4.69, 9.17) is 11.6 Å². The Morgan fingerprint density at radius 3 is 2.19 bits per heavy atom. The summed E-state index contributed by atoms with van der Waals surface area (Å²) in [5.41, 5.74) is 0.500. The number of hydrogen-bond acceptors (Lipinski definition) is 3. The third-order valence-electron chi connectivity index (χ3n) is 3.02. The summed E-state index contributed by atoms with van der Waals surface area (Å²) in [6, 6.07) is 14.4. The molecular formula is C15H14ClNO3S. The number of benzene rings is 2. The van der Waals surface area contributed by atoms with Gasteiger partial charge in [0.25, 0.3) is 0 Å². The highest BCUT2D eigenvalue weighted by atomic mass is 35.5. The maximum absolute atomic E-state index is 12.3. The Balaban J connectivity index is 2.17. The van der Waals surface area contributed by atoms with Gasteiger partial charge in [-0.05, 0) is 43.3 Å². The summed E-state index contributed by atoms with van der Waals surface area (Å²) in [6.07, 6.45) is 0. The van der Waals surface area contributed by atoms with Crippen LogP contribution in [-0.4, -0.2) is 19.6 Å². The lowest BCUT2D eigenvalue weighted by Crippen LogP contribution is -2.32. The molecule has 0 heterocycles. The lowest BCUT2D eigenvalue weighted by atomic mass is 10.3. The largest absolute Gasteiger partial charge is 0.325 e. The average molecular weight is 324 g/mol. The predicted molar refractivity (Wildman–Crippen MR) is 83.2 cm³/mol. The first-order chi connectivity index (χ1) is 9.91. The molecule has 0 saturated carbocycles. The number of amides is 1. The van der Waals surface area contributed by atoms with Crippen LogP contribution in [0.15, 0.2) is 59.5 Å². The molecule has 1 amide bonds. The van der Waals surface area contributed by atoms with Crippen LogP contribution in [0.3, 0.4) is 0 Å². The van der Waals surface area contributed by atoms with Gasteiger partial charge in [-0.3, -0.25) is 4.79 Å². The van der Waals surface area contributed by atoms with Crippen LogP contribution in [0.5, 0.6) is 0 Å². The molecule has 0 aliphatic carbocycles. The van der Waals surface area contributed by atoms with Crippen molar-refractivity contribution in [3.63, 3.8) is 0 Å². The minimum absolute atomic E-state index is 0.128. The number of nitrogens with one attached hydrogen (secondary N) is 1. The summed E-state index contributed by atoms with van der Waals surface area (Å²) in [5.74, 6) is -0.582. The summed E-state index contributed by atoms with van der Waals surface area (Å²) >= 11 is 5.75. The highest BCUT2D eigenvalue weighted by molar-refractivity contribution is 7.92. The predicted octanol–water partition coefficient (Wildman–Crippen LogP) is 3.14. The Kier molecular flexibility index (Phi) is 4.65. The fourth-order valence-electron chi connectivity index (χ4n) is 1.73. The Hall–Kier alpha value is -1.85. The van der Waals surface area contributed by atoms with Crippen molar-refractivity contribution in [3.8, 4) is 0 Å². The maximum Gasteiger partial charge on any atom is 0.242 e. The van der Waals surface area contributed by atoms with E-state index in [0.29, 0.717) is 10.7 Å². The molecule has 0 bridgehead atoms. The van der Waals surface area contributed by atoms with Gasteiger partial charge in [0, 0.05) is 10.7 Å². The van der Waals surface area contributed by atoms with Crippen LogP contribution < -0.4 is 5.32 Å². The van der Waals surface area contributed by atoms with Gasteiger partial charge in [-0.25, -0.2) is 8.42 Å². The molecule has 0 fully saturated rings. The highest BCUT2D eigenvalue weighted by Crippen LogP contribution is 2.18. The molecule has 1 atom stereocenters. The molecule has 2 rings (SSSR count). The van der Waals surface area contributed by atoms with Gasteiger partial charge in [0.15, 0.2) is 9.84 Å². The lowest BCUT2D eigenvalue weighted by Gasteiger charge is -2.13. The number of sulfone groups is 1. The van der Waals surface area contributed by atoms with Gasteiger partial charge >= 0.3 is 0 Å². The first-order valence-electron chi connectivity index (χ1n) is 6.26. The van der Waals surface area contributed by atoms with Gasteiger partial charge in [-0.1, -0.05) is 29.8 Å². The molecule has 1 unspecified atom stereocenters. The second-order valence-corrected chi connectivity index (χ2v) is 7.20. The van der Waals surface area contributed by atoms with Gasteiger partial charge in [0.1, 0.15) is 5.25 Å². The molecular weight excluding hydrogens is 310 g/mol.